The van der Waals surface area contributed by atoms with Gasteiger partial charge in [0.2, 0.25) is 5.91 Å². The van der Waals surface area contributed by atoms with Gasteiger partial charge in [0.1, 0.15) is 11.4 Å². The van der Waals surface area contributed by atoms with Gasteiger partial charge in [-0.3, -0.25) is 9.59 Å². The largest absolute Gasteiger partial charge is 0.491 e. The molecule has 0 unspecified atom stereocenters. The number of rotatable bonds is 7. The fourth-order valence-electron chi connectivity index (χ4n) is 2.49. The maximum atomic E-state index is 12.6. The fraction of sp³-hybridized carbons (Fsp3) is 0.273. The highest BCUT2D eigenvalue weighted by molar-refractivity contribution is 6.01. The van der Waals surface area contributed by atoms with Gasteiger partial charge in [0.25, 0.3) is 5.91 Å². The summed E-state index contributed by atoms with van der Waals surface area (Å²) in [5.41, 5.74) is 3.06. The summed E-state index contributed by atoms with van der Waals surface area (Å²) in [7, 11) is 0. The number of carbonyl (C=O) groups excluding carboxylic acids is 2. The summed E-state index contributed by atoms with van der Waals surface area (Å²) in [6.45, 7) is 7.63. The Bertz CT molecular complexity index is 824. The molecular formula is C22H26N2O3. The van der Waals surface area contributed by atoms with Crippen LogP contribution in [0.2, 0.25) is 0 Å². The average molecular weight is 366 g/mol. The zero-order valence-corrected chi connectivity index (χ0v) is 16.2. The molecule has 0 bridgehead atoms. The van der Waals surface area contributed by atoms with Crippen molar-refractivity contribution >= 4 is 17.9 Å². The van der Waals surface area contributed by atoms with Crippen LogP contribution in [-0.2, 0) is 16.1 Å². The Morgan fingerprint density at radius 3 is 2.33 bits per heavy atom. The lowest BCUT2D eigenvalue weighted by molar-refractivity contribution is -0.122. The van der Waals surface area contributed by atoms with E-state index in [1.54, 1.807) is 6.08 Å². The normalized spacial score (nSPS) is 11.2. The molecule has 2 rings (SSSR count). The minimum atomic E-state index is -0.337. The zero-order valence-electron chi connectivity index (χ0n) is 16.2. The lowest BCUT2D eigenvalue weighted by Crippen LogP contribution is -2.33. The highest BCUT2D eigenvalue weighted by Gasteiger charge is 2.11. The predicted octanol–water partition coefficient (Wildman–Crippen LogP) is 3.58. The molecule has 2 aromatic rings. The van der Waals surface area contributed by atoms with Crippen LogP contribution in [0.3, 0.4) is 0 Å². The summed E-state index contributed by atoms with van der Waals surface area (Å²) < 4.78 is 5.61. The number of hydrogen-bond donors (Lipinski definition) is 2. The Hall–Kier alpha value is -3.08. The molecular weight excluding hydrogens is 340 g/mol. The molecule has 0 aromatic heterocycles. The summed E-state index contributed by atoms with van der Waals surface area (Å²) in [6, 6.07) is 15.2. The number of amides is 2. The third kappa shape index (κ3) is 6.62. The highest BCUT2D eigenvalue weighted by atomic mass is 16.5. The second kappa shape index (κ2) is 9.57. The van der Waals surface area contributed by atoms with E-state index in [-0.39, 0.29) is 23.6 Å². The number of hydrogen-bond acceptors (Lipinski definition) is 3. The third-order valence-electron chi connectivity index (χ3n) is 3.79. The molecule has 142 valence electrons. The lowest BCUT2D eigenvalue weighted by Gasteiger charge is -2.12. The van der Waals surface area contributed by atoms with Crippen molar-refractivity contribution in [3.8, 4) is 5.75 Å². The smallest absolute Gasteiger partial charge is 0.268 e. The molecule has 0 atom stereocenters. The number of ether oxygens (including phenoxy) is 1. The van der Waals surface area contributed by atoms with Crippen LogP contribution in [0, 0.1) is 6.92 Å². The number of nitrogens with one attached hydrogen (secondary N) is 2. The van der Waals surface area contributed by atoms with E-state index in [1.165, 1.54) is 6.92 Å². The molecule has 0 aliphatic carbocycles. The fourth-order valence-corrected chi connectivity index (χ4v) is 2.49. The van der Waals surface area contributed by atoms with Crippen molar-refractivity contribution < 1.29 is 14.3 Å². The minimum Gasteiger partial charge on any atom is -0.491 e. The van der Waals surface area contributed by atoms with Crippen LogP contribution in [0.25, 0.3) is 6.08 Å². The van der Waals surface area contributed by atoms with Crippen LogP contribution in [-0.4, -0.2) is 17.9 Å². The first-order valence-electron chi connectivity index (χ1n) is 8.94. The van der Waals surface area contributed by atoms with E-state index in [4.69, 9.17) is 4.74 Å². The highest BCUT2D eigenvalue weighted by Crippen LogP contribution is 2.14. The quantitative estimate of drug-likeness (QED) is 0.736. The summed E-state index contributed by atoms with van der Waals surface area (Å²) in [6.07, 6.45) is 1.80. The Balaban J connectivity index is 2.07. The molecule has 2 N–H and O–H groups in total. The van der Waals surface area contributed by atoms with Crippen LogP contribution in [0.1, 0.15) is 37.5 Å². The summed E-state index contributed by atoms with van der Waals surface area (Å²) in [5.74, 6) is 0.162. The Morgan fingerprint density at radius 1 is 1.07 bits per heavy atom. The molecule has 0 fully saturated rings. The van der Waals surface area contributed by atoms with Crippen LogP contribution in [0.5, 0.6) is 5.75 Å². The van der Waals surface area contributed by atoms with E-state index in [2.05, 4.69) is 10.6 Å². The standard InChI is InChI=1S/C22H26N2O3/c1-15(2)27-20-11-9-18(10-12-20)14-23-22(26)21(24-17(4)25)13-19-8-6-5-7-16(19)3/h5-13,15H,14H2,1-4H3,(H,23,26)(H,24,25)/b21-13-. The van der Waals surface area contributed by atoms with Crippen molar-refractivity contribution in [3.05, 3.63) is 70.9 Å². The van der Waals surface area contributed by atoms with Gasteiger partial charge >= 0.3 is 0 Å². The van der Waals surface area contributed by atoms with Gasteiger partial charge < -0.3 is 15.4 Å². The average Bonchev–Trinajstić information content (AvgIpc) is 2.61. The van der Waals surface area contributed by atoms with E-state index in [1.807, 2.05) is 69.3 Å². The van der Waals surface area contributed by atoms with Gasteiger partial charge in [-0.2, -0.15) is 0 Å². The van der Waals surface area contributed by atoms with Crippen molar-refractivity contribution in [2.45, 2.75) is 40.3 Å². The van der Waals surface area contributed by atoms with E-state index in [9.17, 15) is 9.59 Å². The van der Waals surface area contributed by atoms with E-state index in [0.29, 0.717) is 6.54 Å². The van der Waals surface area contributed by atoms with Crippen LogP contribution in [0.4, 0.5) is 0 Å². The molecule has 27 heavy (non-hydrogen) atoms. The zero-order chi connectivity index (χ0) is 19.8. The van der Waals surface area contributed by atoms with E-state index >= 15 is 0 Å². The first-order valence-corrected chi connectivity index (χ1v) is 8.94. The van der Waals surface area contributed by atoms with Gasteiger partial charge in [-0.05, 0) is 55.7 Å². The van der Waals surface area contributed by atoms with Crippen molar-refractivity contribution in [2.75, 3.05) is 0 Å². The van der Waals surface area contributed by atoms with Gasteiger partial charge in [0, 0.05) is 13.5 Å². The number of aryl methyl sites for hydroxylation is 1. The van der Waals surface area contributed by atoms with Crippen LogP contribution < -0.4 is 15.4 Å². The van der Waals surface area contributed by atoms with Crippen LogP contribution in [0.15, 0.2) is 54.2 Å². The molecule has 5 nitrogen and oxygen atoms in total. The molecule has 0 saturated carbocycles. The van der Waals surface area contributed by atoms with Gasteiger partial charge in [-0.15, -0.1) is 0 Å². The molecule has 0 heterocycles. The maximum Gasteiger partial charge on any atom is 0.268 e. The molecule has 0 aliphatic heterocycles. The molecule has 2 aromatic carbocycles. The number of carbonyl (C=O) groups is 2. The topological polar surface area (TPSA) is 67.4 Å². The Morgan fingerprint density at radius 2 is 1.74 bits per heavy atom. The molecule has 0 aliphatic rings. The summed E-state index contributed by atoms with van der Waals surface area (Å²) >= 11 is 0. The SMILES string of the molecule is CC(=O)N/C(=C\c1ccccc1C)C(=O)NCc1ccc(OC(C)C)cc1. The van der Waals surface area contributed by atoms with Gasteiger partial charge in [0.05, 0.1) is 6.10 Å². The van der Waals surface area contributed by atoms with E-state index < -0.39 is 0 Å². The van der Waals surface area contributed by atoms with Crippen molar-refractivity contribution in [2.24, 2.45) is 0 Å². The molecule has 5 heteroatoms. The molecule has 0 saturated heterocycles. The monoisotopic (exact) mass is 366 g/mol. The minimum absolute atomic E-state index is 0.113. The van der Waals surface area contributed by atoms with Gasteiger partial charge in [-0.25, -0.2) is 0 Å². The van der Waals surface area contributed by atoms with Gasteiger partial charge in [0.15, 0.2) is 0 Å². The van der Waals surface area contributed by atoms with E-state index in [0.717, 1.165) is 22.4 Å². The number of benzene rings is 2. The summed E-state index contributed by atoms with van der Waals surface area (Å²) in [4.78, 5) is 24.0. The van der Waals surface area contributed by atoms with Crippen molar-refractivity contribution in [1.82, 2.24) is 10.6 Å². The van der Waals surface area contributed by atoms with Gasteiger partial charge in [-0.1, -0.05) is 36.4 Å². The van der Waals surface area contributed by atoms with Crippen molar-refractivity contribution in [1.29, 1.82) is 0 Å². The third-order valence-corrected chi connectivity index (χ3v) is 3.79. The first kappa shape index (κ1) is 20.2. The first-order chi connectivity index (χ1) is 12.8. The van der Waals surface area contributed by atoms with Crippen molar-refractivity contribution in [3.63, 3.8) is 0 Å². The second-order valence-corrected chi connectivity index (χ2v) is 6.59. The Kier molecular flexibility index (Phi) is 7.17. The molecule has 0 radical (unpaired) electrons. The molecule has 0 spiro atoms. The lowest BCUT2D eigenvalue weighted by atomic mass is 10.1. The summed E-state index contributed by atoms with van der Waals surface area (Å²) in [5, 5.41) is 5.45. The second-order valence-electron chi connectivity index (χ2n) is 6.59. The molecule has 2 amide bonds. The maximum absolute atomic E-state index is 12.6. The Labute approximate surface area is 160 Å². The van der Waals surface area contributed by atoms with Crippen LogP contribution >= 0.6 is 0 Å². The predicted molar refractivity (Wildman–Crippen MR) is 107 cm³/mol.